The van der Waals surface area contributed by atoms with Gasteiger partial charge in [0, 0.05) is 22.5 Å². The van der Waals surface area contributed by atoms with Crippen LogP contribution < -0.4 is 5.32 Å². The van der Waals surface area contributed by atoms with Gasteiger partial charge in [-0.25, -0.2) is 4.98 Å². The summed E-state index contributed by atoms with van der Waals surface area (Å²) in [5, 5.41) is 3.91. The third-order valence-electron chi connectivity index (χ3n) is 4.40. The molecule has 1 fully saturated rings. The fraction of sp³-hybridized carbons (Fsp3) is 0.0909. The van der Waals surface area contributed by atoms with Crippen molar-refractivity contribution in [2.75, 3.05) is 11.9 Å². The molecule has 0 spiro atoms. The van der Waals surface area contributed by atoms with Crippen molar-refractivity contribution in [2.45, 2.75) is 6.42 Å². The molecule has 9 heteroatoms. The normalized spacial score (nSPS) is 15.0. The molecule has 1 aliphatic heterocycles. The van der Waals surface area contributed by atoms with Gasteiger partial charge in [-0.1, -0.05) is 84.1 Å². The Labute approximate surface area is 198 Å². The molecule has 4 rings (SSSR count). The molecule has 1 N–H and O–H groups in total. The van der Waals surface area contributed by atoms with Crippen LogP contribution in [0.4, 0.5) is 5.13 Å². The van der Waals surface area contributed by atoms with E-state index >= 15 is 0 Å². The average Bonchev–Trinajstić information content (AvgIpc) is 3.29. The second-order valence-corrected chi connectivity index (χ2v) is 9.82. The van der Waals surface area contributed by atoms with Crippen LogP contribution in [0.25, 0.3) is 6.08 Å². The second-order valence-electron chi connectivity index (χ2n) is 6.63. The molecule has 156 valence electrons. The van der Waals surface area contributed by atoms with Crippen LogP contribution in [-0.2, 0) is 16.0 Å². The van der Waals surface area contributed by atoms with E-state index in [2.05, 4.69) is 10.3 Å². The topological polar surface area (TPSA) is 62.3 Å². The highest BCUT2D eigenvalue weighted by Crippen LogP contribution is 2.32. The van der Waals surface area contributed by atoms with Crippen LogP contribution in [0.3, 0.4) is 0 Å². The summed E-state index contributed by atoms with van der Waals surface area (Å²) in [5.41, 5.74) is 1.90. The number of hydrogen-bond donors (Lipinski definition) is 1. The maximum Gasteiger partial charge on any atom is 0.266 e. The Morgan fingerprint density at radius 2 is 1.90 bits per heavy atom. The summed E-state index contributed by atoms with van der Waals surface area (Å²) in [4.78, 5) is 32.2. The maximum atomic E-state index is 12.7. The highest BCUT2D eigenvalue weighted by molar-refractivity contribution is 8.26. The van der Waals surface area contributed by atoms with Gasteiger partial charge in [0.15, 0.2) is 5.13 Å². The van der Waals surface area contributed by atoms with Gasteiger partial charge in [-0.05, 0) is 23.3 Å². The van der Waals surface area contributed by atoms with Crippen molar-refractivity contribution in [1.29, 1.82) is 0 Å². The summed E-state index contributed by atoms with van der Waals surface area (Å²) < 4.78 is 0.362. The number of thioether (sulfide) groups is 1. The van der Waals surface area contributed by atoms with Crippen molar-refractivity contribution in [1.82, 2.24) is 9.88 Å². The van der Waals surface area contributed by atoms with Gasteiger partial charge in [0.05, 0.1) is 4.91 Å². The Kier molecular flexibility index (Phi) is 6.82. The van der Waals surface area contributed by atoms with Gasteiger partial charge in [0.1, 0.15) is 10.9 Å². The first-order valence-electron chi connectivity index (χ1n) is 9.28. The van der Waals surface area contributed by atoms with E-state index in [1.165, 1.54) is 28.0 Å². The molecule has 2 heterocycles. The quantitative estimate of drug-likeness (QED) is 0.382. The summed E-state index contributed by atoms with van der Waals surface area (Å²) in [5.74, 6) is -0.622. The van der Waals surface area contributed by atoms with E-state index in [-0.39, 0.29) is 18.4 Å². The van der Waals surface area contributed by atoms with Crippen LogP contribution in [-0.4, -0.2) is 32.6 Å². The number of anilines is 1. The number of nitrogens with zero attached hydrogens (tertiary/aromatic N) is 2. The lowest BCUT2D eigenvalue weighted by Gasteiger charge is -2.13. The van der Waals surface area contributed by atoms with Crippen LogP contribution in [0.1, 0.15) is 16.0 Å². The Hall–Kier alpha value is -2.52. The lowest BCUT2D eigenvalue weighted by atomic mass is 10.1. The Morgan fingerprint density at radius 1 is 1.16 bits per heavy atom. The highest BCUT2D eigenvalue weighted by Gasteiger charge is 2.33. The third-order valence-corrected chi connectivity index (χ3v) is 7.05. The molecule has 1 saturated heterocycles. The zero-order chi connectivity index (χ0) is 21.8. The van der Waals surface area contributed by atoms with Crippen LogP contribution in [0.15, 0.2) is 65.7 Å². The SMILES string of the molecule is O=C(CN1C(=O)C(=Cc2ccccc2)SC1=S)Nc1ncc(Cc2ccccc2Cl)s1. The minimum absolute atomic E-state index is 0.157. The zero-order valence-electron chi connectivity index (χ0n) is 16.1. The van der Waals surface area contributed by atoms with Crippen molar-refractivity contribution in [3.05, 3.63) is 86.7 Å². The first-order valence-corrected chi connectivity index (χ1v) is 11.7. The monoisotopic (exact) mass is 485 g/mol. The molecule has 2 aromatic carbocycles. The van der Waals surface area contributed by atoms with E-state index in [1.807, 2.05) is 54.6 Å². The lowest BCUT2D eigenvalue weighted by molar-refractivity contribution is -0.126. The van der Waals surface area contributed by atoms with E-state index < -0.39 is 0 Å². The van der Waals surface area contributed by atoms with Gasteiger partial charge in [0.25, 0.3) is 5.91 Å². The molecule has 31 heavy (non-hydrogen) atoms. The number of carbonyl (C=O) groups is 2. The Morgan fingerprint density at radius 3 is 2.68 bits per heavy atom. The minimum Gasteiger partial charge on any atom is -0.300 e. The molecule has 0 radical (unpaired) electrons. The molecular formula is C22H16ClN3O2S3. The van der Waals surface area contributed by atoms with Crippen LogP contribution in [0, 0.1) is 0 Å². The second kappa shape index (κ2) is 9.74. The lowest BCUT2D eigenvalue weighted by Crippen LogP contribution is -2.36. The van der Waals surface area contributed by atoms with Crippen molar-refractivity contribution >= 4 is 74.3 Å². The summed E-state index contributed by atoms with van der Waals surface area (Å²) in [6.45, 7) is -0.157. The van der Waals surface area contributed by atoms with E-state index in [0.29, 0.717) is 25.8 Å². The summed E-state index contributed by atoms with van der Waals surface area (Å²) >= 11 is 14.1. The molecule has 2 amide bonds. The van der Waals surface area contributed by atoms with E-state index in [0.717, 1.165) is 16.0 Å². The molecule has 1 aromatic heterocycles. The molecular weight excluding hydrogens is 470 g/mol. The van der Waals surface area contributed by atoms with E-state index in [1.54, 1.807) is 12.3 Å². The zero-order valence-corrected chi connectivity index (χ0v) is 19.3. The van der Waals surface area contributed by atoms with E-state index in [4.69, 9.17) is 23.8 Å². The van der Waals surface area contributed by atoms with Crippen molar-refractivity contribution in [3.63, 3.8) is 0 Å². The van der Waals surface area contributed by atoms with Gasteiger partial charge in [-0.3, -0.25) is 14.5 Å². The van der Waals surface area contributed by atoms with Crippen molar-refractivity contribution in [2.24, 2.45) is 0 Å². The van der Waals surface area contributed by atoms with Gasteiger partial charge in [-0.2, -0.15) is 0 Å². The number of carbonyl (C=O) groups excluding carboxylic acids is 2. The smallest absolute Gasteiger partial charge is 0.266 e. The fourth-order valence-corrected chi connectivity index (χ4v) is 5.23. The maximum absolute atomic E-state index is 12.7. The predicted molar refractivity (Wildman–Crippen MR) is 131 cm³/mol. The number of thiocarbonyl (C=S) groups is 1. The minimum atomic E-state index is -0.351. The molecule has 0 bridgehead atoms. The third kappa shape index (κ3) is 5.40. The Bertz CT molecular complexity index is 1180. The number of rotatable bonds is 6. The fourth-order valence-electron chi connectivity index (χ4n) is 2.92. The van der Waals surface area contributed by atoms with Gasteiger partial charge in [0.2, 0.25) is 5.91 Å². The average molecular weight is 486 g/mol. The molecule has 5 nitrogen and oxygen atoms in total. The first-order chi connectivity index (χ1) is 15.0. The number of halogens is 1. The number of benzene rings is 2. The van der Waals surface area contributed by atoms with Crippen LogP contribution in [0.5, 0.6) is 0 Å². The molecule has 0 atom stereocenters. The van der Waals surface area contributed by atoms with Crippen molar-refractivity contribution < 1.29 is 9.59 Å². The van der Waals surface area contributed by atoms with Crippen LogP contribution in [0.2, 0.25) is 5.02 Å². The van der Waals surface area contributed by atoms with Gasteiger partial charge in [-0.15, -0.1) is 11.3 Å². The molecule has 0 saturated carbocycles. The molecule has 0 aliphatic carbocycles. The molecule has 1 aliphatic rings. The predicted octanol–water partition coefficient (Wildman–Crippen LogP) is 5.23. The number of amides is 2. The highest BCUT2D eigenvalue weighted by atomic mass is 35.5. The standard InChI is InChI=1S/C22H16ClN3O2S3/c23-17-9-5-4-8-15(17)11-16-12-24-21(30-16)25-19(27)13-26-20(28)18(31-22(26)29)10-14-6-2-1-3-7-14/h1-10,12H,11,13H2,(H,24,25,27). The number of aromatic nitrogens is 1. The number of thiazole rings is 1. The molecule has 0 unspecified atom stereocenters. The summed E-state index contributed by atoms with van der Waals surface area (Å²) in [7, 11) is 0. The summed E-state index contributed by atoms with van der Waals surface area (Å²) in [6.07, 6.45) is 4.12. The Balaban J connectivity index is 1.37. The largest absolute Gasteiger partial charge is 0.300 e. The van der Waals surface area contributed by atoms with Crippen molar-refractivity contribution in [3.8, 4) is 0 Å². The number of nitrogens with one attached hydrogen (secondary N) is 1. The van der Waals surface area contributed by atoms with Gasteiger partial charge >= 0.3 is 0 Å². The van der Waals surface area contributed by atoms with Crippen LogP contribution >= 0.6 is 46.9 Å². The van der Waals surface area contributed by atoms with Gasteiger partial charge < -0.3 is 5.32 Å². The first kappa shape index (κ1) is 21.7. The van der Waals surface area contributed by atoms with E-state index in [9.17, 15) is 9.59 Å². The number of hydrogen-bond acceptors (Lipinski definition) is 6. The summed E-state index contributed by atoms with van der Waals surface area (Å²) in [6, 6.07) is 17.1. The molecule has 3 aromatic rings.